The zero-order chi connectivity index (χ0) is 13.7. The number of hydrogen-bond donors (Lipinski definition) is 2. The molecule has 1 atom stereocenters. The van der Waals surface area contributed by atoms with E-state index in [1.54, 1.807) is 6.07 Å². The van der Waals surface area contributed by atoms with Crippen molar-refractivity contribution in [2.45, 2.75) is 6.42 Å². The Kier molecular flexibility index (Phi) is 4.50. The number of nitrogens with one attached hydrogen (secondary N) is 1. The van der Waals surface area contributed by atoms with Crippen LogP contribution in [0.1, 0.15) is 12.0 Å². The van der Waals surface area contributed by atoms with Gasteiger partial charge in [0.05, 0.1) is 18.1 Å². The Hall–Kier alpha value is -1.90. The number of carbonyl (C=O) groups is 1. The predicted molar refractivity (Wildman–Crippen MR) is 67.9 cm³/mol. The fourth-order valence-electron chi connectivity index (χ4n) is 1.81. The van der Waals surface area contributed by atoms with E-state index in [0.29, 0.717) is 25.3 Å². The number of anilines is 1. The smallest absolute Gasteiger partial charge is 0.229 e. The number of amides is 1. The molecule has 5 heteroatoms. The summed E-state index contributed by atoms with van der Waals surface area (Å²) in [7, 11) is 0. The third kappa shape index (κ3) is 3.53. The first kappa shape index (κ1) is 13.5. The molecule has 4 nitrogen and oxygen atoms in total. The zero-order valence-electron chi connectivity index (χ0n) is 10.3. The van der Waals surface area contributed by atoms with Gasteiger partial charge in [-0.3, -0.25) is 4.79 Å². The van der Waals surface area contributed by atoms with E-state index in [0.717, 1.165) is 0 Å². The van der Waals surface area contributed by atoms with Gasteiger partial charge in [0.2, 0.25) is 5.91 Å². The molecule has 1 aromatic carbocycles. The lowest BCUT2D eigenvalue weighted by Crippen LogP contribution is -2.22. The molecule has 1 unspecified atom stereocenters. The summed E-state index contributed by atoms with van der Waals surface area (Å²) in [6.07, 6.45) is 0.689. The average Bonchev–Trinajstić information content (AvgIpc) is 2.92. The number of ether oxygens (including phenoxy) is 1. The van der Waals surface area contributed by atoms with Crippen molar-refractivity contribution in [1.29, 1.82) is 0 Å². The molecule has 1 fully saturated rings. The zero-order valence-corrected chi connectivity index (χ0v) is 10.3. The summed E-state index contributed by atoms with van der Waals surface area (Å²) in [5, 5.41) is 11.2. The molecule has 0 bridgehead atoms. The highest BCUT2D eigenvalue weighted by Gasteiger charge is 2.23. The minimum absolute atomic E-state index is 0.161. The monoisotopic (exact) mass is 263 g/mol. The van der Waals surface area contributed by atoms with Crippen LogP contribution in [0.15, 0.2) is 18.2 Å². The molecule has 2 N–H and O–H groups in total. The van der Waals surface area contributed by atoms with Gasteiger partial charge in [0.15, 0.2) is 0 Å². The number of aliphatic hydroxyl groups excluding tert-OH is 1. The molecule has 0 aliphatic carbocycles. The summed E-state index contributed by atoms with van der Waals surface area (Å²) < 4.78 is 18.8. The summed E-state index contributed by atoms with van der Waals surface area (Å²) in [4.78, 5) is 11.8. The molecule has 0 saturated carbocycles. The van der Waals surface area contributed by atoms with E-state index >= 15 is 0 Å². The topological polar surface area (TPSA) is 58.6 Å². The predicted octanol–water partition coefficient (Wildman–Crippen LogP) is 1.14. The van der Waals surface area contributed by atoms with Crippen LogP contribution in [0.25, 0.3) is 0 Å². The van der Waals surface area contributed by atoms with Crippen molar-refractivity contribution in [1.82, 2.24) is 0 Å². The van der Waals surface area contributed by atoms with E-state index in [4.69, 9.17) is 9.84 Å². The largest absolute Gasteiger partial charge is 0.384 e. The average molecular weight is 263 g/mol. The van der Waals surface area contributed by atoms with Crippen LogP contribution in [0, 0.1) is 23.6 Å². The normalized spacial score (nSPS) is 17.7. The van der Waals surface area contributed by atoms with Crippen molar-refractivity contribution in [3.63, 3.8) is 0 Å². The van der Waals surface area contributed by atoms with Gasteiger partial charge in [-0.15, -0.1) is 0 Å². The van der Waals surface area contributed by atoms with Gasteiger partial charge in [-0.2, -0.15) is 0 Å². The molecule has 1 aliphatic heterocycles. The molecule has 1 heterocycles. The molecule has 2 rings (SSSR count). The highest BCUT2D eigenvalue weighted by atomic mass is 19.1. The maximum absolute atomic E-state index is 13.6. The number of rotatable bonds is 2. The van der Waals surface area contributed by atoms with E-state index < -0.39 is 5.82 Å². The second kappa shape index (κ2) is 6.32. The molecule has 1 aromatic rings. The van der Waals surface area contributed by atoms with Gasteiger partial charge < -0.3 is 15.2 Å². The van der Waals surface area contributed by atoms with Gasteiger partial charge in [0.1, 0.15) is 12.4 Å². The van der Waals surface area contributed by atoms with Gasteiger partial charge in [-0.25, -0.2) is 4.39 Å². The maximum Gasteiger partial charge on any atom is 0.229 e. The number of benzene rings is 1. The first-order valence-corrected chi connectivity index (χ1v) is 5.98. The number of halogens is 1. The van der Waals surface area contributed by atoms with Gasteiger partial charge >= 0.3 is 0 Å². The number of carbonyl (C=O) groups excluding carboxylic acids is 1. The summed E-state index contributed by atoms with van der Waals surface area (Å²) in [5.74, 6) is 4.01. The highest BCUT2D eigenvalue weighted by molar-refractivity contribution is 5.92. The van der Waals surface area contributed by atoms with Crippen molar-refractivity contribution in [3.8, 4) is 11.8 Å². The highest BCUT2D eigenvalue weighted by Crippen LogP contribution is 2.18. The third-order valence-electron chi connectivity index (χ3n) is 2.84. The number of aliphatic hydroxyl groups is 1. The van der Waals surface area contributed by atoms with Crippen molar-refractivity contribution < 1.29 is 19.0 Å². The van der Waals surface area contributed by atoms with Gasteiger partial charge in [-0.05, 0) is 24.6 Å². The van der Waals surface area contributed by atoms with E-state index in [-0.39, 0.29) is 24.0 Å². The molecule has 0 spiro atoms. The van der Waals surface area contributed by atoms with Crippen LogP contribution >= 0.6 is 0 Å². The molecule has 1 amide bonds. The Bertz CT molecular complexity index is 527. The fraction of sp³-hybridized carbons (Fsp3) is 0.357. The van der Waals surface area contributed by atoms with E-state index in [2.05, 4.69) is 17.2 Å². The molecule has 0 radical (unpaired) electrons. The SMILES string of the molecule is O=C(Nc1ccc(C#CCO)c(F)c1)C1CCOC1. The summed E-state index contributed by atoms with van der Waals surface area (Å²) >= 11 is 0. The lowest BCUT2D eigenvalue weighted by Gasteiger charge is -2.09. The Labute approximate surface area is 110 Å². The molecule has 0 aromatic heterocycles. The van der Waals surface area contributed by atoms with Crippen LogP contribution < -0.4 is 5.32 Å². The van der Waals surface area contributed by atoms with Crippen molar-refractivity contribution >= 4 is 11.6 Å². The number of hydrogen-bond acceptors (Lipinski definition) is 3. The Morgan fingerprint density at radius 3 is 3.05 bits per heavy atom. The van der Waals surface area contributed by atoms with Gasteiger partial charge in [0, 0.05) is 12.3 Å². The van der Waals surface area contributed by atoms with Crippen LogP contribution in [0.4, 0.5) is 10.1 Å². The molecule has 100 valence electrons. The third-order valence-corrected chi connectivity index (χ3v) is 2.84. The Balaban J connectivity index is 2.05. The standard InChI is InChI=1S/C14H14FNO3/c15-13-8-12(4-3-10(13)2-1-6-17)16-14(18)11-5-7-19-9-11/h3-4,8,11,17H,5-7,9H2,(H,16,18). The lowest BCUT2D eigenvalue weighted by molar-refractivity contribution is -0.119. The van der Waals surface area contributed by atoms with Crippen molar-refractivity contribution in [3.05, 3.63) is 29.6 Å². The van der Waals surface area contributed by atoms with Crippen LogP contribution in [0.2, 0.25) is 0 Å². The lowest BCUT2D eigenvalue weighted by atomic mass is 10.1. The Morgan fingerprint density at radius 1 is 1.58 bits per heavy atom. The van der Waals surface area contributed by atoms with Gasteiger partial charge in [0.25, 0.3) is 0 Å². The first-order chi connectivity index (χ1) is 9.20. The molecule has 19 heavy (non-hydrogen) atoms. The molecule has 1 saturated heterocycles. The van der Waals surface area contributed by atoms with Crippen LogP contribution in [0.5, 0.6) is 0 Å². The maximum atomic E-state index is 13.6. The van der Waals surface area contributed by atoms with E-state index in [1.807, 2.05) is 0 Å². The summed E-state index contributed by atoms with van der Waals surface area (Å²) in [6, 6.07) is 4.27. The minimum atomic E-state index is -0.526. The molecule has 1 aliphatic rings. The van der Waals surface area contributed by atoms with Crippen LogP contribution in [0.3, 0.4) is 0 Å². The van der Waals surface area contributed by atoms with Crippen molar-refractivity contribution in [2.75, 3.05) is 25.1 Å². The minimum Gasteiger partial charge on any atom is -0.384 e. The van der Waals surface area contributed by atoms with E-state index in [9.17, 15) is 9.18 Å². The van der Waals surface area contributed by atoms with E-state index in [1.165, 1.54) is 12.1 Å². The quantitative estimate of drug-likeness (QED) is 0.787. The van der Waals surface area contributed by atoms with Crippen LogP contribution in [-0.2, 0) is 9.53 Å². The summed E-state index contributed by atoms with van der Waals surface area (Å²) in [5.41, 5.74) is 0.584. The van der Waals surface area contributed by atoms with Crippen LogP contribution in [-0.4, -0.2) is 30.8 Å². The van der Waals surface area contributed by atoms with Crippen molar-refractivity contribution in [2.24, 2.45) is 5.92 Å². The second-order valence-electron chi connectivity index (χ2n) is 4.20. The Morgan fingerprint density at radius 2 is 2.42 bits per heavy atom. The second-order valence-corrected chi connectivity index (χ2v) is 4.20. The summed E-state index contributed by atoms with van der Waals surface area (Å²) in [6.45, 7) is 0.677. The molecular formula is C14H14FNO3. The fourth-order valence-corrected chi connectivity index (χ4v) is 1.81. The van der Waals surface area contributed by atoms with Gasteiger partial charge in [-0.1, -0.05) is 11.8 Å². The molecular weight excluding hydrogens is 249 g/mol. The first-order valence-electron chi connectivity index (χ1n) is 5.98.